The first-order valence-electron chi connectivity index (χ1n) is 5.88. The minimum Gasteiger partial charge on any atom is -0.370 e. The highest BCUT2D eigenvalue weighted by Crippen LogP contribution is 2.28. The Labute approximate surface area is 107 Å². The van der Waals surface area contributed by atoms with Crippen molar-refractivity contribution in [3.8, 4) is 0 Å². The lowest BCUT2D eigenvalue weighted by Crippen LogP contribution is -2.50. The SMILES string of the molecule is CCCC(CC)(Nc1ccccc1Cl)C(N)=O. The van der Waals surface area contributed by atoms with Crippen molar-refractivity contribution in [2.45, 2.75) is 38.6 Å². The van der Waals surface area contributed by atoms with E-state index in [9.17, 15) is 4.79 Å². The quantitative estimate of drug-likeness (QED) is 0.819. The second kappa shape index (κ2) is 5.92. The van der Waals surface area contributed by atoms with Gasteiger partial charge in [-0.25, -0.2) is 0 Å². The molecule has 0 saturated heterocycles. The van der Waals surface area contributed by atoms with Crippen LogP contribution in [-0.2, 0) is 4.79 Å². The third kappa shape index (κ3) is 3.13. The molecule has 17 heavy (non-hydrogen) atoms. The van der Waals surface area contributed by atoms with E-state index in [-0.39, 0.29) is 5.91 Å². The summed E-state index contributed by atoms with van der Waals surface area (Å²) in [5.41, 5.74) is 5.57. The maximum atomic E-state index is 11.7. The fraction of sp³-hybridized carbons (Fsp3) is 0.462. The number of rotatable bonds is 6. The average Bonchev–Trinajstić information content (AvgIpc) is 2.31. The molecular weight excluding hydrogens is 236 g/mol. The Hall–Kier alpha value is -1.22. The van der Waals surface area contributed by atoms with Gasteiger partial charge in [-0.3, -0.25) is 4.79 Å². The molecule has 0 aliphatic rings. The van der Waals surface area contributed by atoms with Gasteiger partial charge < -0.3 is 11.1 Å². The van der Waals surface area contributed by atoms with Gasteiger partial charge in [0.05, 0.1) is 10.7 Å². The third-order valence-corrected chi connectivity index (χ3v) is 3.33. The monoisotopic (exact) mass is 254 g/mol. The second-order valence-electron chi connectivity index (χ2n) is 4.15. The highest BCUT2D eigenvalue weighted by atomic mass is 35.5. The van der Waals surface area contributed by atoms with Crippen molar-refractivity contribution in [2.24, 2.45) is 5.73 Å². The van der Waals surface area contributed by atoms with Crippen molar-refractivity contribution < 1.29 is 4.79 Å². The highest BCUT2D eigenvalue weighted by Gasteiger charge is 2.33. The molecule has 1 rings (SSSR count). The molecule has 0 bridgehead atoms. The van der Waals surface area contributed by atoms with Crippen LogP contribution in [0.15, 0.2) is 24.3 Å². The maximum Gasteiger partial charge on any atom is 0.243 e. The highest BCUT2D eigenvalue weighted by molar-refractivity contribution is 6.33. The molecule has 0 fully saturated rings. The summed E-state index contributed by atoms with van der Waals surface area (Å²) < 4.78 is 0. The molecule has 1 aromatic rings. The number of halogens is 1. The van der Waals surface area contributed by atoms with Gasteiger partial charge >= 0.3 is 0 Å². The molecular formula is C13H19ClN2O. The number of hydrogen-bond donors (Lipinski definition) is 2. The molecule has 0 aromatic heterocycles. The zero-order chi connectivity index (χ0) is 12.9. The van der Waals surface area contributed by atoms with E-state index in [1.807, 2.05) is 32.0 Å². The van der Waals surface area contributed by atoms with Crippen LogP contribution in [0.4, 0.5) is 5.69 Å². The molecule has 1 amide bonds. The molecule has 94 valence electrons. The van der Waals surface area contributed by atoms with Gasteiger partial charge in [0.25, 0.3) is 0 Å². The Kier molecular flexibility index (Phi) is 4.82. The molecule has 3 nitrogen and oxygen atoms in total. The number of hydrogen-bond acceptors (Lipinski definition) is 2. The van der Waals surface area contributed by atoms with Crippen molar-refractivity contribution in [1.82, 2.24) is 0 Å². The van der Waals surface area contributed by atoms with Crippen molar-refractivity contribution in [1.29, 1.82) is 0 Å². The van der Waals surface area contributed by atoms with Crippen LogP contribution >= 0.6 is 11.6 Å². The van der Waals surface area contributed by atoms with E-state index in [1.54, 1.807) is 6.07 Å². The Morgan fingerprint density at radius 3 is 2.53 bits per heavy atom. The molecule has 0 aliphatic carbocycles. The minimum absolute atomic E-state index is 0.332. The first-order valence-corrected chi connectivity index (χ1v) is 6.26. The lowest BCUT2D eigenvalue weighted by Gasteiger charge is -2.31. The van der Waals surface area contributed by atoms with Crippen LogP contribution in [0.5, 0.6) is 0 Å². The van der Waals surface area contributed by atoms with Gasteiger partial charge in [0, 0.05) is 0 Å². The van der Waals surface area contributed by atoms with Crippen LogP contribution in [0.3, 0.4) is 0 Å². The van der Waals surface area contributed by atoms with Gasteiger partial charge in [-0.1, -0.05) is 44.0 Å². The summed E-state index contributed by atoms with van der Waals surface area (Å²) in [6.45, 7) is 3.98. The molecule has 0 spiro atoms. The number of carbonyl (C=O) groups is 1. The number of amides is 1. The number of primary amides is 1. The molecule has 0 radical (unpaired) electrons. The van der Waals surface area contributed by atoms with Gasteiger partial charge in [0.2, 0.25) is 5.91 Å². The summed E-state index contributed by atoms with van der Waals surface area (Å²) in [5.74, 6) is -0.332. The van der Waals surface area contributed by atoms with Crippen LogP contribution in [0.2, 0.25) is 5.02 Å². The van der Waals surface area contributed by atoms with Crippen LogP contribution in [0, 0.1) is 0 Å². The van der Waals surface area contributed by atoms with Gasteiger partial charge in [-0.05, 0) is 25.0 Å². The van der Waals surface area contributed by atoms with Gasteiger partial charge in [0.15, 0.2) is 0 Å². The van der Waals surface area contributed by atoms with E-state index in [0.29, 0.717) is 17.9 Å². The van der Waals surface area contributed by atoms with E-state index >= 15 is 0 Å². The van der Waals surface area contributed by atoms with Gasteiger partial charge in [-0.15, -0.1) is 0 Å². The minimum atomic E-state index is -0.709. The predicted octanol–water partition coefficient (Wildman–Crippen LogP) is 3.19. The summed E-state index contributed by atoms with van der Waals surface area (Å²) >= 11 is 6.08. The summed E-state index contributed by atoms with van der Waals surface area (Å²) in [7, 11) is 0. The normalized spacial score (nSPS) is 14.1. The van der Waals surface area contributed by atoms with Crippen molar-refractivity contribution in [3.05, 3.63) is 29.3 Å². The molecule has 0 aliphatic heterocycles. The van der Waals surface area contributed by atoms with E-state index in [0.717, 1.165) is 12.1 Å². The van der Waals surface area contributed by atoms with E-state index in [1.165, 1.54) is 0 Å². The standard InChI is InChI=1S/C13H19ClN2O/c1-3-9-13(4-2,12(15)17)16-11-8-6-5-7-10(11)14/h5-8,16H,3-4,9H2,1-2H3,(H2,15,17). The lowest BCUT2D eigenvalue weighted by molar-refractivity contribution is -0.122. The summed E-state index contributed by atoms with van der Waals surface area (Å²) in [5, 5.41) is 3.80. The Bertz CT molecular complexity index is 395. The molecule has 1 unspecified atom stereocenters. The predicted molar refractivity (Wildman–Crippen MR) is 72.2 cm³/mol. The molecule has 1 atom stereocenters. The number of para-hydroxylation sites is 1. The van der Waals surface area contributed by atoms with E-state index < -0.39 is 5.54 Å². The van der Waals surface area contributed by atoms with Crippen molar-refractivity contribution in [2.75, 3.05) is 5.32 Å². The Balaban J connectivity index is 3.01. The zero-order valence-corrected chi connectivity index (χ0v) is 11.1. The fourth-order valence-electron chi connectivity index (χ4n) is 1.93. The van der Waals surface area contributed by atoms with Crippen LogP contribution in [0.1, 0.15) is 33.1 Å². The number of carbonyl (C=O) groups excluding carboxylic acids is 1. The number of anilines is 1. The fourth-order valence-corrected chi connectivity index (χ4v) is 2.12. The first kappa shape index (κ1) is 13.8. The Morgan fingerprint density at radius 2 is 2.06 bits per heavy atom. The molecule has 4 heteroatoms. The van der Waals surface area contributed by atoms with Crippen molar-refractivity contribution >= 4 is 23.2 Å². The lowest BCUT2D eigenvalue weighted by atomic mass is 9.89. The van der Waals surface area contributed by atoms with Crippen LogP contribution in [0.25, 0.3) is 0 Å². The summed E-state index contributed by atoms with van der Waals surface area (Å²) in [6, 6.07) is 7.37. The number of nitrogens with one attached hydrogen (secondary N) is 1. The van der Waals surface area contributed by atoms with Crippen LogP contribution < -0.4 is 11.1 Å². The van der Waals surface area contributed by atoms with E-state index in [2.05, 4.69) is 5.32 Å². The first-order chi connectivity index (χ1) is 8.05. The summed E-state index contributed by atoms with van der Waals surface area (Å²) in [6.07, 6.45) is 2.22. The Morgan fingerprint density at radius 1 is 1.41 bits per heavy atom. The molecule has 3 N–H and O–H groups in total. The second-order valence-corrected chi connectivity index (χ2v) is 4.56. The van der Waals surface area contributed by atoms with Crippen LogP contribution in [-0.4, -0.2) is 11.4 Å². The van der Waals surface area contributed by atoms with Gasteiger partial charge in [0.1, 0.15) is 5.54 Å². The molecule has 0 saturated carbocycles. The smallest absolute Gasteiger partial charge is 0.243 e. The number of nitrogens with two attached hydrogens (primary N) is 1. The zero-order valence-electron chi connectivity index (χ0n) is 10.3. The molecule has 0 heterocycles. The van der Waals surface area contributed by atoms with Crippen molar-refractivity contribution in [3.63, 3.8) is 0 Å². The van der Waals surface area contributed by atoms with Gasteiger partial charge in [-0.2, -0.15) is 0 Å². The average molecular weight is 255 g/mol. The maximum absolute atomic E-state index is 11.7. The summed E-state index contributed by atoms with van der Waals surface area (Å²) in [4.78, 5) is 11.7. The number of benzene rings is 1. The van der Waals surface area contributed by atoms with E-state index in [4.69, 9.17) is 17.3 Å². The topological polar surface area (TPSA) is 55.1 Å². The third-order valence-electron chi connectivity index (χ3n) is 3.00. The largest absolute Gasteiger partial charge is 0.370 e. The molecule has 1 aromatic carbocycles.